The van der Waals surface area contributed by atoms with Crippen LogP contribution in [-0.2, 0) is 4.74 Å². The molecular weight excluding hydrogens is 316 g/mol. The predicted molar refractivity (Wildman–Crippen MR) is 90.8 cm³/mol. The van der Waals surface area contributed by atoms with E-state index >= 15 is 0 Å². The SMILES string of the molecule is COc1ccc(Nc2nccc(NCC3CCCO3)n2)cc1Cl. The molecule has 0 spiro atoms. The van der Waals surface area contributed by atoms with Crippen molar-refractivity contribution >= 4 is 29.1 Å². The fourth-order valence-corrected chi connectivity index (χ4v) is 2.67. The van der Waals surface area contributed by atoms with Gasteiger partial charge in [-0.2, -0.15) is 4.98 Å². The highest BCUT2D eigenvalue weighted by Gasteiger charge is 2.15. The number of aromatic nitrogens is 2. The van der Waals surface area contributed by atoms with Crippen LogP contribution in [0.2, 0.25) is 5.02 Å². The summed E-state index contributed by atoms with van der Waals surface area (Å²) in [5, 5.41) is 6.94. The highest BCUT2D eigenvalue weighted by atomic mass is 35.5. The van der Waals surface area contributed by atoms with Gasteiger partial charge in [-0.1, -0.05) is 11.6 Å². The van der Waals surface area contributed by atoms with Gasteiger partial charge in [0, 0.05) is 25.0 Å². The summed E-state index contributed by atoms with van der Waals surface area (Å²) in [4.78, 5) is 8.66. The predicted octanol–water partition coefficient (Wildman–Crippen LogP) is 3.47. The number of ether oxygens (including phenoxy) is 2. The van der Waals surface area contributed by atoms with E-state index in [0.29, 0.717) is 16.7 Å². The standard InChI is InChI=1S/C16H19ClN4O2/c1-22-14-5-4-11(9-13(14)17)20-16-18-7-6-15(21-16)19-10-12-3-2-8-23-12/h4-7,9,12H,2-3,8,10H2,1H3,(H2,18,19,20,21). The Labute approximate surface area is 140 Å². The molecule has 1 aliphatic heterocycles. The Morgan fingerprint density at radius 1 is 1.39 bits per heavy atom. The minimum Gasteiger partial charge on any atom is -0.495 e. The summed E-state index contributed by atoms with van der Waals surface area (Å²) in [6, 6.07) is 7.27. The highest BCUT2D eigenvalue weighted by Crippen LogP contribution is 2.28. The molecule has 1 atom stereocenters. The number of nitrogens with zero attached hydrogens (tertiary/aromatic N) is 2. The maximum Gasteiger partial charge on any atom is 0.229 e. The van der Waals surface area contributed by atoms with Crippen molar-refractivity contribution in [3.63, 3.8) is 0 Å². The van der Waals surface area contributed by atoms with Crippen LogP contribution in [0.15, 0.2) is 30.5 Å². The molecule has 2 heterocycles. The monoisotopic (exact) mass is 334 g/mol. The van der Waals surface area contributed by atoms with Crippen molar-refractivity contribution in [1.82, 2.24) is 9.97 Å². The fraction of sp³-hybridized carbons (Fsp3) is 0.375. The molecule has 0 aliphatic carbocycles. The van der Waals surface area contributed by atoms with E-state index in [4.69, 9.17) is 21.1 Å². The summed E-state index contributed by atoms with van der Waals surface area (Å²) in [5.41, 5.74) is 0.798. The summed E-state index contributed by atoms with van der Waals surface area (Å²) in [5.74, 6) is 1.89. The summed E-state index contributed by atoms with van der Waals surface area (Å²) in [6.45, 7) is 1.60. The van der Waals surface area contributed by atoms with Crippen LogP contribution in [0.25, 0.3) is 0 Å². The molecule has 0 saturated carbocycles. The topological polar surface area (TPSA) is 68.3 Å². The van der Waals surface area contributed by atoms with Crippen molar-refractivity contribution in [3.05, 3.63) is 35.5 Å². The van der Waals surface area contributed by atoms with Gasteiger partial charge >= 0.3 is 0 Å². The van der Waals surface area contributed by atoms with Crippen molar-refractivity contribution in [2.45, 2.75) is 18.9 Å². The average molecular weight is 335 g/mol. The van der Waals surface area contributed by atoms with E-state index in [1.165, 1.54) is 0 Å². The Bertz CT molecular complexity index is 662. The molecule has 0 bridgehead atoms. The Morgan fingerprint density at radius 3 is 3.04 bits per heavy atom. The summed E-state index contributed by atoms with van der Waals surface area (Å²) >= 11 is 6.12. The van der Waals surface area contributed by atoms with Crippen LogP contribution < -0.4 is 15.4 Å². The van der Waals surface area contributed by atoms with Crippen LogP contribution in [0.1, 0.15) is 12.8 Å². The molecule has 1 unspecified atom stereocenters. The van der Waals surface area contributed by atoms with Gasteiger partial charge in [0.1, 0.15) is 11.6 Å². The van der Waals surface area contributed by atoms with Crippen molar-refractivity contribution in [2.24, 2.45) is 0 Å². The summed E-state index contributed by atoms with van der Waals surface area (Å²) in [7, 11) is 1.58. The van der Waals surface area contributed by atoms with Crippen molar-refractivity contribution in [3.8, 4) is 5.75 Å². The van der Waals surface area contributed by atoms with Crippen LogP contribution in [0.3, 0.4) is 0 Å². The summed E-state index contributed by atoms with van der Waals surface area (Å²) in [6.07, 6.45) is 4.19. The third-order valence-corrected chi connectivity index (χ3v) is 3.89. The van der Waals surface area contributed by atoms with Crippen LogP contribution in [0.4, 0.5) is 17.5 Å². The molecule has 2 N–H and O–H groups in total. The van der Waals surface area contributed by atoms with Gasteiger partial charge in [-0.3, -0.25) is 0 Å². The lowest BCUT2D eigenvalue weighted by Gasteiger charge is -2.12. The molecule has 0 radical (unpaired) electrons. The fourth-order valence-electron chi connectivity index (χ4n) is 2.41. The number of methoxy groups -OCH3 is 1. The van der Waals surface area contributed by atoms with Gasteiger partial charge in [-0.25, -0.2) is 4.98 Å². The third kappa shape index (κ3) is 4.24. The van der Waals surface area contributed by atoms with E-state index < -0.39 is 0 Å². The zero-order valence-corrected chi connectivity index (χ0v) is 13.6. The zero-order chi connectivity index (χ0) is 16.1. The Morgan fingerprint density at radius 2 is 2.30 bits per heavy atom. The molecular formula is C16H19ClN4O2. The maximum absolute atomic E-state index is 6.12. The largest absolute Gasteiger partial charge is 0.495 e. The molecule has 6 nitrogen and oxygen atoms in total. The first kappa shape index (κ1) is 15.8. The van der Waals surface area contributed by atoms with E-state index in [2.05, 4.69) is 20.6 Å². The number of benzene rings is 1. The van der Waals surface area contributed by atoms with Crippen molar-refractivity contribution in [2.75, 3.05) is 30.9 Å². The first-order valence-electron chi connectivity index (χ1n) is 7.53. The normalized spacial score (nSPS) is 17.0. The van der Waals surface area contributed by atoms with Gasteiger partial charge in [0.05, 0.1) is 18.2 Å². The molecule has 0 amide bonds. The van der Waals surface area contributed by atoms with Gasteiger partial charge in [-0.05, 0) is 37.1 Å². The van der Waals surface area contributed by atoms with Gasteiger partial charge in [-0.15, -0.1) is 0 Å². The number of anilines is 3. The molecule has 1 aromatic carbocycles. The number of hydrogen-bond donors (Lipinski definition) is 2. The minimum absolute atomic E-state index is 0.266. The van der Waals surface area contributed by atoms with Crippen LogP contribution in [-0.4, -0.2) is 36.3 Å². The van der Waals surface area contributed by atoms with E-state index in [0.717, 1.165) is 37.5 Å². The zero-order valence-electron chi connectivity index (χ0n) is 12.9. The Balaban J connectivity index is 1.63. The summed E-state index contributed by atoms with van der Waals surface area (Å²) < 4.78 is 10.7. The van der Waals surface area contributed by atoms with E-state index in [1.807, 2.05) is 12.1 Å². The van der Waals surface area contributed by atoms with Crippen LogP contribution in [0.5, 0.6) is 5.75 Å². The lowest BCUT2D eigenvalue weighted by Crippen LogP contribution is -2.19. The van der Waals surface area contributed by atoms with Crippen LogP contribution >= 0.6 is 11.6 Å². The molecule has 23 heavy (non-hydrogen) atoms. The molecule has 1 aliphatic rings. The quantitative estimate of drug-likeness (QED) is 0.843. The van der Waals surface area contributed by atoms with Gasteiger partial charge in [0.15, 0.2) is 0 Å². The lowest BCUT2D eigenvalue weighted by molar-refractivity contribution is 0.120. The maximum atomic E-state index is 6.12. The van der Waals surface area contributed by atoms with E-state index in [-0.39, 0.29) is 6.10 Å². The van der Waals surface area contributed by atoms with Gasteiger partial charge in [0.2, 0.25) is 5.95 Å². The number of halogens is 1. The van der Waals surface area contributed by atoms with E-state index in [9.17, 15) is 0 Å². The van der Waals surface area contributed by atoms with Gasteiger partial charge in [0.25, 0.3) is 0 Å². The second-order valence-corrected chi connectivity index (χ2v) is 5.66. The lowest BCUT2D eigenvalue weighted by atomic mass is 10.2. The Hall–Kier alpha value is -2.05. The highest BCUT2D eigenvalue weighted by molar-refractivity contribution is 6.32. The van der Waals surface area contributed by atoms with Crippen LogP contribution in [0, 0.1) is 0 Å². The Kier molecular flexibility index (Phi) is 5.15. The molecule has 1 saturated heterocycles. The first-order valence-corrected chi connectivity index (χ1v) is 7.91. The van der Waals surface area contributed by atoms with E-state index in [1.54, 1.807) is 25.4 Å². The van der Waals surface area contributed by atoms with Gasteiger partial charge < -0.3 is 20.1 Å². The third-order valence-electron chi connectivity index (χ3n) is 3.60. The molecule has 1 fully saturated rings. The smallest absolute Gasteiger partial charge is 0.229 e. The second kappa shape index (κ2) is 7.48. The second-order valence-electron chi connectivity index (χ2n) is 5.26. The molecule has 3 rings (SSSR count). The minimum atomic E-state index is 0.266. The first-order chi connectivity index (χ1) is 11.2. The van der Waals surface area contributed by atoms with Crippen molar-refractivity contribution < 1.29 is 9.47 Å². The van der Waals surface area contributed by atoms with Crippen molar-refractivity contribution in [1.29, 1.82) is 0 Å². The average Bonchev–Trinajstić information content (AvgIpc) is 3.07. The molecule has 122 valence electrons. The number of nitrogens with one attached hydrogen (secondary N) is 2. The molecule has 2 aromatic rings. The number of rotatable bonds is 6. The molecule has 7 heteroatoms. The molecule has 1 aromatic heterocycles. The number of hydrogen-bond acceptors (Lipinski definition) is 6.